The van der Waals surface area contributed by atoms with Crippen LogP contribution in [0.3, 0.4) is 0 Å². The van der Waals surface area contributed by atoms with Crippen LogP contribution >= 0.6 is 0 Å². The van der Waals surface area contributed by atoms with Crippen LogP contribution in [0.25, 0.3) is 0 Å². The maximum absolute atomic E-state index is 9.40. The standard InChI is InChI=1S/C10H21NO/c1-5-6-9(2)11-8-7-10(3,4)12/h5,9,11-12H,1,6-8H2,2-4H3. The van der Waals surface area contributed by atoms with Gasteiger partial charge in [-0.15, -0.1) is 6.58 Å². The Morgan fingerprint density at radius 2 is 2.17 bits per heavy atom. The van der Waals surface area contributed by atoms with Crippen LogP contribution in [0.1, 0.15) is 33.6 Å². The monoisotopic (exact) mass is 171 g/mol. The molecule has 1 atom stereocenters. The third kappa shape index (κ3) is 7.76. The molecule has 2 nitrogen and oxygen atoms in total. The summed E-state index contributed by atoms with van der Waals surface area (Å²) in [4.78, 5) is 0. The van der Waals surface area contributed by atoms with Crippen LogP contribution in [-0.4, -0.2) is 23.3 Å². The fraction of sp³-hybridized carbons (Fsp3) is 0.800. The minimum absolute atomic E-state index is 0.463. The molecule has 0 fully saturated rings. The van der Waals surface area contributed by atoms with Crippen LogP contribution in [0.5, 0.6) is 0 Å². The van der Waals surface area contributed by atoms with Gasteiger partial charge in [0.25, 0.3) is 0 Å². The summed E-state index contributed by atoms with van der Waals surface area (Å²) in [5.41, 5.74) is -0.555. The number of aliphatic hydroxyl groups is 1. The molecule has 0 spiro atoms. The predicted molar refractivity (Wildman–Crippen MR) is 53.2 cm³/mol. The maximum Gasteiger partial charge on any atom is 0.0603 e. The topological polar surface area (TPSA) is 32.3 Å². The zero-order valence-electron chi connectivity index (χ0n) is 8.43. The van der Waals surface area contributed by atoms with Crippen molar-refractivity contribution >= 4 is 0 Å². The summed E-state index contributed by atoms with van der Waals surface area (Å²) in [5.74, 6) is 0. The number of nitrogens with one attached hydrogen (secondary N) is 1. The van der Waals surface area contributed by atoms with Crippen molar-refractivity contribution in [2.75, 3.05) is 6.54 Å². The summed E-state index contributed by atoms with van der Waals surface area (Å²) >= 11 is 0. The summed E-state index contributed by atoms with van der Waals surface area (Å²) in [7, 11) is 0. The maximum atomic E-state index is 9.40. The summed E-state index contributed by atoms with van der Waals surface area (Å²) < 4.78 is 0. The molecule has 0 amide bonds. The molecule has 0 rings (SSSR count). The molecular weight excluding hydrogens is 150 g/mol. The number of hydrogen-bond donors (Lipinski definition) is 2. The molecule has 0 heterocycles. The second-order valence-corrected chi connectivity index (χ2v) is 3.94. The summed E-state index contributed by atoms with van der Waals surface area (Å²) in [5, 5.41) is 12.7. The van der Waals surface area contributed by atoms with E-state index in [-0.39, 0.29) is 0 Å². The first-order valence-corrected chi connectivity index (χ1v) is 4.52. The molecule has 0 bridgehead atoms. The molecule has 0 saturated heterocycles. The predicted octanol–water partition coefficient (Wildman–Crippen LogP) is 1.70. The van der Waals surface area contributed by atoms with Crippen LogP contribution in [0.2, 0.25) is 0 Å². The first-order valence-electron chi connectivity index (χ1n) is 4.52. The van der Waals surface area contributed by atoms with E-state index < -0.39 is 5.60 Å². The molecule has 0 radical (unpaired) electrons. The fourth-order valence-corrected chi connectivity index (χ4v) is 0.958. The number of rotatable bonds is 6. The van der Waals surface area contributed by atoms with E-state index in [0.29, 0.717) is 6.04 Å². The highest BCUT2D eigenvalue weighted by Crippen LogP contribution is 2.05. The van der Waals surface area contributed by atoms with Gasteiger partial charge in [0.05, 0.1) is 5.60 Å². The molecule has 0 saturated carbocycles. The summed E-state index contributed by atoms with van der Waals surface area (Å²) in [6.07, 6.45) is 3.67. The molecule has 72 valence electrons. The molecule has 0 aliphatic heterocycles. The van der Waals surface area contributed by atoms with Gasteiger partial charge in [0.1, 0.15) is 0 Å². The lowest BCUT2D eigenvalue weighted by atomic mass is 10.1. The fourth-order valence-electron chi connectivity index (χ4n) is 0.958. The van der Waals surface area contributed by atoms with Crippen molar-refractivity contribution in [3.05, 3.63) is 12.7 Å². The molecule has 0 aliphatic rings. The van der Waals surface area contributed by atoms with E-state index in [9.17, 15) is 5.11 Å². The quantitative estimate of drug-likeness (QED) is 0.596. The SMILES string of the molecule is C=CCC(C)NCCC(C)(C)O. The molecule has 2 N–H and O–H groups in total. The van der Waals surface area contributed by atoms with Gasteiger partial charge >= 0.3 is 0 Å². The Hall–Kier alpha value is -0.340. The van der Waals surface area contributed by atoms with Crippen molar-refractivity contribution < 1.29 is 5.11 Å². The second kappa shape index (κ2) is 5.33. The van der Waals surface area contributed by atoms with Crippen molar-refractivity contribution in [1.82, 2.24) is 5.32 Å². The van der Waals surface area contributed by atoms with Gasteiger partial charge in [-0.2, -0.15) is 0 Å². The van der Waals surface area contributed by atoms with E-state index >= 15 is 0 Å². The molecule has 1 unspecified atom stereocenters. The highest BCUT2D eigenvalue weighted by molar-refractivity contribution is 4.75. The van der Waals surface area contributed by atoms with Crippen molar-refractivity contribution in [3.8, 4) is 0 Å². The Kier molecular flexibility index (Phi) is 5.18. The van der Waals surface area contributed by atoms with Crippen LogP contribution in [-0.2, 0) is 0 Å². The van der Waals surface area contributed by atoms with E-state index in [1.807, 2.05) is 19.9 Å². The molecule has 2 heteroatoms. The van der Waals surface area contributed by atoms with Gasteiger partial charge in [0, 0.05) is 6.04 Å². The Morgan fingerprint density at radius 1 is 1.58 bits per heavy atom. The van der Waals surface area contributed by atoms with Crippen molar-refractivity contribution in [2.45, 2.75) is 45.3 Å². The van der Waals surface area contributed by atoms with Crippen LogP contribution < -0.4 is 5.32 Å². The van der Waals surface area contributed by atoms with Gasteiger partial charge in [0.15, 0.2) is 0 Å². The Bertz CT molecular complexity index is 126. The van der Waals surface area contributed by atoms with Gasteiger partial charge in [-0.1, -0.05) is 6.08 Å². The summed E-state index contributed by atoms with van der Waals surface area (Å²) in [6, 6.07) is 0.463. The molecular formula is C10H21NO. The van der Waals surface area contributed by atoms with E-state index in [4.69, 9.17) is 0 Å². The Morgan fingerprint density at radius 3 is 2.58 bits per heavy atom. The van der Waals surface area contributed by atoms with Crippen LogP contribution in [0.15, 0.2) is 12.7 Å². The van der Waals surface area contributed by atoms with Gasteiger partial charge in [-0.25, -0.2) is 0 Å². The molecule has 12 heavy (non-hydrogen) atoms. The normalized spacial score (nSPS) is 14.3. The minimum Gasteiger partial charge on any atom is -0.390 e. The lowest BCUT2D eigenvalue weighted by molar-refractivity contribution is 0.0706. The van der Waals surface area contributed by atoms with Gasteiger partial charge in [-0.05, 0) is 40.2 Å². The third-order valence-corrected chi connectivity index (χ3v) is 1.75. The van der Waals surface area contributed by atoms with Crippen LogP contribution in [0, 0.1) is 0 Å². The third-order valence-electron chi connectivity index (χ3n) is 1.75. The molecule has 0 aliphatic carbocycles. The average Bonchev–Trinajstić information content (AvgIpc) is 1.84. The van der Waals surface area contributed by atoms with Gasteiger partial charge < -0.3 is 10.4 Å². The number of hydrogen-bond acceptors (Lipinski definition) is 2. The average molecular weight is 171 g/mol. The smallest absolute Gasteiger partial charge is 0.0603 e. The second-order valence-electron chi connectivity index (χ2n) is 3.94. The van der Waals surface area contributed by atoms with Crippen molar-refractivity contribution in [2.24, 2.45) is 0 Å². The van der Waals surface area contributed by atoms with Crippen molar-refractivity contribution in [3.63, 3.8) is 0 Å². The van der Waals surface area contributed by atoms with E-state index in [1.54, 1.807) is 0 Å². The molecule has 0 aromatic carbocycles. The lowest BCUT2D eigenvalue weighted by Crippen LogP contribution is -2.31. The lowest BCUT2D eigenvalue weighted by Gasteiger charge is -2.19. The largest absolute Gasteiger partial charge is 0.390 e. The van der Waals surface area contributed by atoms with Gasteiger partial charge in [0.2, 0.25) is 0 Å². The van der Waals surface area contributed by atoms with E-state index in [0.717, 1.165) is 19.4 Å². The van der Waals surface area contributed by atoms with Crippen LogP contribution in [0.4, 0.5) is 0 Å². The highest BCUT2D eigenvalue weighted by atomic mass is 16.3. The first kappa shape index (κ1) is 11.7. The Labute approximate surface area is 75.7 Å². The minimum atomic E-state index is -0.555. The van der Waals surface area contributed by atoms with Gasteiger partial charge in [-0.3, -0.25) is 0 Å². The van der Waals surface area contributed by atoms with E-state index in [1.165, 1.54) is 0 Å². The summed E-state index contributed by atoms with van der Waals surface area (Å²) in [6.45, 7) is 10.3. The molecule has 0 aromatic heterocycles. The molecule has 0 aromatic rings. The highest BCUT2D eigenvalue weighted by Gasteiger charge is 2.11. The zero-order chi connectivity index (χ0) is 9.61. The first-order chi connectivity index (χ1) is 5.45. The van der Waals surface area contributed by atoms with E-state index in [2.05, 4.69) is 18.8 Å². The Balaban J connectivity index is 3.36. The van der Waals surface area contributed by atoms with Crippen molar-refractivity contribution in [1.29, 1.82) is 0 Å². The zero-order valence-corrected chi connectivity index (χ0v) is 8.43.